The lowest BCUT2D eigenvalue weighted by molar-refractivity contribution is 0.604. The van der Waals surface area contributed by atoms with Crippen molar-refractivity contribution in [2.45, 2.75) is 31.0 Å². The van der Waals surface area contributed by atoms with Crippen molar-refractivity contribution in [3.8, 4) is 0 Å². The molecule has 0 fully saturated rings. The second-order valence-electron chi connectivity index (χ2n) is 5.37. The molecule has 3 heteroatoms. The lowest BCUT2D eigenvalue weighted by Crippen LogP contribution is -2.07. The first-order valence-corrected chi connectivity index (χ1v) is 7.61. The molecule has 0 N–H and O–H groups in total. The maximum atomic E-state index is 12.9. The van der Waals surface area contributed by atoms with Gasteiger partial charge in [-0.25, -0.2) is 4.39 Å². The van der Waals surface area contributed by atoms with Crippen LogP contribution in [0.15, 0.2) is 36.4 Å². The highest BCUT2D eigenvalue weighted by atomic mass is 79.9. The molecule has 1 atom stereocenters. The fourth-order valence-electron chi connectivity index (χ4n) is 1.69. The molecule has 1 heterocycles. The lowest BCUT2D eigenvalue weighted by Gasteiger charge is -2.15. The Balaban J connectivity index is 2.26. The molecular formula is C15H16BrFS. The highest BCUT2D eigenvalue weighted by Crippen LogP contribution is 2.38. The molecule has 2 rings (SSSR count). The fourth-order valence-corrected chi connectivity index (χ4v) is 3.50. The molecule has 1 unspecified atom stereocenters. The second kappa shape index (κ2) is 5.14. The first-order valence-electron chi connectivity index (χ1n) is 5.87. The summed E-state index contributed by atoms with van der Waals surface area (Å²) in [6, 6.07) is 11.0. The van der Waals surface area contributed by atoms with E-state index in [4.69, 9.17) is 0 Å². The van der Waals surface area contributed by atoms with Gasteiger partial charge in [0.1, 0.15) is 5.82 Å². The molecule has 0 spiro atoms. The summed E-state index contributed by atoms with van der Waals surface area (Å²) in [4.78, 5) is 2.76. The summed E-state index contributed by atoms with van der Waals surface area (Å²) in [5, 5.41) is 0. The minimum Gasteiger partial charge on any atom is -0.207 e. The zero-order chi connectivity index (χ0) is 13.3. The van der Waals surface area contributed by atoms with Gasteiger partial charge in [0.05, 0.1) is 4.83 Å². The number of thiophene rings is 1. The van der Waals surface area contributed by atoms with E-state index in [1.165, 1.54) is 21.9 Å². The van der Waals surface area contributed by atoms with E-state index in [1.54, 1.807) is 11.3 Å². The number of alkyl halides is 1. The van der Waals surface area contributed by atoms with Gasteiger partial charge in [-0.1, -0.05) is 48.8 Å². The summed E-state index contributed by atoms with van der Waals surface area (Å²) < 4.78 is 12.9. The molecule has 0 nitrogen and oxygen atoms in total. The van der Waals surface area contributed by atoms with Crippen LogP contribution in [0.25, 0.3) is 0 Å². The van der Waals surface area contributed by atoms with Crippen LogP contribution in [-0.2, 0) is 5.41 Å². The van der Waals surface area contributed by atoms with Gasteiger partial charge in [-0.15, -0.1) is 11.3 Å². The van der Waals surface area contributed by atoms with Crippen LogP contribution in [0.4, 0.5) is 4.39 Å². The topological polar surface area (TPSA) is 0 Å². The summed E-state index contributed by atoms with van der Waals surface area (Å²) in [6.07, 6.45) is 0. The van der Waals surface area contributed by atoms with Crippen LogP contribution in [0.1, 0.15) is 40.9 Å². The lowest BCUT2D eigenvalue weighted by atomic mass is 9.95. The normalized spacial score (nSPS) is 13.6. The fraction of sp³-hybridized carbons (Fsp3) is 0.333. The predicted molar refractivity (Wildman–Crippen MR) is 80.2 cm³/mol. The van der Waals surface area contributed by atoms with Crippen LogP contribution < -0.4 is 0 Å². The third kappa shape index (κ3) is 3.01. The van der Waals surface area contributed by atoms with Crippen LogP contribution >= 0.6 is 27.3 Å². The predicted octanol–water partition coefficient (Wildman–Crippen LogP) is 5.67. The summed E-state index contributed by atoms with van der Waals surface area (Å²) in [5.74, 6) is -0.194. The molecule has 2 aromatic rings. The first-order chi connectivity index (χ1) is 8.38. The van der Waals surface area contributed by atoms with Gasteiger partial charge in [-0.05, 0) is 35.2 Å². The van der Waals surface area contributed by atoms with Crippen LogP contribution in [0.5, 0.6) is 0 Å². The zero-order valence-electron chi connectivity index (χ0n) is 10.7. The Kier molecular flexibility index (Phi) is 3.93. The molecule has 0 saturated heterocycles. The Morgan fingerprint density at radius 1 is 1.06 bits per heavy atom. The molecular weight excluding hydrogens is 311 g/mol. The maximum absolute atomic E-state index is 12.9. The largest absolute Gasteiger partial charge is 0.207 e. The third-order valence-corrected chi connectivity index (χ3v) is 5.68. The molecule has 0 aliphatic heterocycles. The Morgan fingerprint density at radius 3 is 2.17 bits per heavy atom. The van der Waals surface area contributed by atoms with E-state index in [1.807, 2.05) is 12.1 Å². The maximum Gasteiger partial charge on any atom is 0.123 e. The molecule has 1 aromatic carbocycles. The standard InChI is InChI=1S/C15H16BrFS/c1-15(2,3)13-9-8-12(18-13)14(16)10-4-6-11(17)7-5-10/h4-9,14H,1-3H3. The average Bonchev–Trinajstić information content (AvgIpc) is 2.78. The smallest absolute Gasteiger partial charge is 0.123 e. The summed E-state index contributed by atoms with van der Waals surface area (Å²) >= 11 is 5.49. The van der Waals surface area contributed by atoms with Crippen molar-refractivity contribution < 1.29 is 4.39 Å². The van der Waals surface area contributed by atoms with Crippen LogP contribution in [-0.4, -0.2) is 0 Å². The van der Waals surface area contributed by atoms with Gasteiger partial charge in [-0.3, -0.25) is 0 Å². The second-order valence-corrected chi connectivity index (χ2v) is 7.40. The summed E-state index contributed by atoms with van der Waals surface area (Å²) in [5.41, 5.74) is 1.26. The van der Waals surface area contributed by atoms with E-state index in [9.17, 15) is 4.39 Å². The van der Waals surface area contributed by atoms with Gasteiger partial charge in [0.25, 0.3) is 0 Å². The van der Waals surface area contributed by atoms with E-state index in [0.717, 1.165) is 5.56 Å². The molecule has 18 heavy (non-hydrogen) atoms. The molecule has 1 aromatic heterocycles. The Morgan fingerprint density at radius 2 is 1.67 bits per heavy atom. The Bertz CT molecular complexity index is 522. The van der Waals surface area contributed by atoms with E-state index < -0.39 is 0 Å². The van der Waals surface area contributed by atoms with Crippen LogP contribution in [0.2, 0.25) is 0 Å². The monoisotopic (exact) mass is 326 g/mol. The van der Waals surface area contributed by atoms with Gasteiger partial charge >= 0.3 is 0 Å². The molecule has 0 saturated carbocycles. The van der Waals surface area contributed by atoms with Crippen LogP contribution in [0, 0.1) is 5.82 Å². The minimum absolute atomic E-state index is 0.138. The molecule has 96 valence electrons. The molecule has 0 aliphatic rings. The number of hydrogen-bond acceptors (Lipinski definition) is 1. The van der Waals surface area contributed by atoms with Crippen molar-refractivity contribution >= 4 is 27.3 Å². The van der Waals surface area contributed by atoms with Gasteiger partial charge < -0.3 is 0 Å². The van der Waals surface area contributed by atoms with Gasteiger partial charge in [0, 0.05) is 9.75 Å². The SMILES string of the molecule is CC(C)(C)c1ccc(C(Br)c2ccc(F)cc2)s1. The van der Waals surface area contributed by atoms with Gasteiger partial charge in [0.2, 0.25) is 0 Å². The average molecular weight is 327 g/mol. The number of hydrogen-bond donors (Lipinski definition) is 0. The molecule has 0 radical (unpaired) electrons. The first kappa shape index (κ1) is 13.8. The molecule has 0 aliphatic carbocycles. The summed E-state index contributed by atoms with van der Waals surface area (Å²) in [6.45, 7) is 6.64. The minimum atomic E-state index is -0.194. The van der Waals surface area contributed by atoms with Crippen LogP contribution in [0.3, 0.4) is 0 Å². The highest BCUT2D eigenvalue weighted by Gasteiger charge is 2.19. The van der Waals surface area contributed by atoms with Crippen molar-refractivity contribution in [1.82, 2.24) is 0 Å². The Hall–Kier alpha value is -0.670. The van der Waals surface area contributed by atoms with Crippen molar-refractivity contribution in [3.05, 3.63) is 57.5 Å². The highest BCUT2D eigenvalue weighted by molar-refractivity contribution is 9.09. The van der Waals surface area contributed by atoms with Crippen molar-refractivity contribution in [2.24, 2.45) is 0 Å². The molecule has 0 bridgehead atoms. The summed E-state index contributed by atoms with van der Waals surface area (Å²) in [7, 11) is 0. The van der Waals surface area contributed by atoms with E-state index >= 15 is 0 Å². The number of benzene rings is 1. The zero-order valence-corrected chi connectivity index (χ0v) is 13.1. The molecule has 0 amide bonds. The van der Waals surface area contributed by atoms with Crippen molar-refractivity contribution in [1.29, 1.82) is 0 Å². The number of rotatable bonds is 2. The van der Waals surface area contributed by atoms with E-state index in [2.05, 4.69) is 48.8 Å². The van der Waals surface area contributed by atoms with E-state index in [-0.39, 0.29) is 16.1 Å². The number of halogens is 2. The van der Waals surface area contributed by atoms with E-state index in [0.29, 0.717) is 0 Å². The quantitative estimate of drug-likeness (QED) is 0.624. The van der Waals surface area contributed by atoms with Gasteiger partial charge in [-0.2, -0.15) is 0 Å². The Labute approximate surface area is 120 Å². The van der Waals surface area contributed by atoms with Gasteiger partial charge in [0.15, 0.2) is 0 Å². The van der Waals surface area contributed by atoms with Crippen molar-refractivity contribution in [2.75, 3.05) is 0 Å². The third-order valence-electron chi connectivity index (χ3n) is 2.78. The van der Waals surface area contributed by atoms with Crippen molar-refractivity contribution in [3.63, 3.8) is 0 Å².